The van der Waals surface area contributed by atoms with Gasteiger partial charge in [-0.25, -0.2) is 0 Å². The van der Waals surface area contributed by atoms with Crippen LogP contribution in [0.5, 0.6) is 0 Å². The predicted molar refractivity (Wildman–Crippen MR) is 136 cm³/mol. The third kappa shape index (κ3) is 5.79. The van der Waals surface area contributed by atoms with Gasteiger partial charge in [-0.3, -0.25) is 9.89 Å². The van der Waals surface area contributed by atoms with Crippen molar-refractivity contribution in [3.05, 3.63) is 53.5 Å². The van der Waals surface area contributed by atoms with E-state index in [0.717, 1.165) is 70.3 Å². The molecule has 2 N–H and O–H groups in total. The highest BCUT2D eigenvalue weighted by atomic mass is 127. The average molecular weight is 536 g/mol. The van der Waals surface area contributed by atoms with Crippen molar-refractivity contribution in [1.82, 2.24) is 25.3 Å². The molecule has 2 aromatic heterocycles. The number of rotatable bonds is 7. The van der Waals surface area contributed by atoms with Gasteiger partial charge in [-0.15, -0.1) is 24.0 Å². The largest absolute Gasteiger partial charge is 0.364 e. The first-order valence-corrected chi connectivity index (χ1v) is 11.0. The number of hydrogen-bond acceptors (Lipinski definition) is 4. The van der Waals surface area contributed by atoms with E-state index >= 15 is 0 Å². The van der Waals surface area contributed by atoms with Crippen LogP contribution in [0.4, 0.5) is 0 Å². The van der Waals surface area contributed by atoms with E-state index in [1.807, 2.05) is 6.07 Å². The highest BCUT2D eigenvalue weighted by Crippen LogP contribution is 2.22. The molecule has 168 valence electrons. The fraction of sp³-hybridized carbons (Fsp3) is 0.478. The number of benzene rings is 1. The third-order valence-corrected chi connectivity index (χ3v) is 5.79. The molecule has 1 aliphatic rings. The molecule has 4 rings (SSSR count). The van der Waals surface area contributed by atoms with Gasteiger partial charge in [0.1, 0.15) is 6.26 Å². The zero-order chi connectivity index (χ0) is 20.8. The van der Waals surface area contributed by atoms with Gasteiger partial charge in [-0.2, -0.15) is 0 Å². The van der Waals surface area contributed by atoms with Crippen LogP contribution in [-0.2, 0) is 19.4 Å². The Labute approximate surface area is 201 Å². The van der Waals surface area contributed by atoms with E-state index in [1.165, 1.54) is 22.0 Å². The maximum absolute atomic E-state index is 4.94. The molecule has 0 spiro atoms. The number of aryl methyl sites for hydroxylation is 1. The van der Waals surface area contributed by atoms with E-state index in [4.69, 9.17) is 9.52 Å². The molecule has 7 nitrogen and oxygen atoms in total. The molecule has 1 aromatic carbocycles. The number of halogens is 1. The van der Waals surface area contributed by atoms with Crippen molar-refractivity contribution in [2.75, 3.05) is 39.3 Å². The maximum Gasteiger partial charge on any atom is 0.194 e. The molecule has 1 saturated heterocycles. The number of aromatic amines is 1. The van der Waals surface area contributed by atoms with E-state index in [9.17, 15) is 0 Å². The highest BCUT2D eigenvalue weighted by molar-refractivity contribution is 14.0. The lowest BCUT2D eigenvalue weighted by Gasteiger charge is -2.36. The molecule has 1 aliphatic heterocycles. The Kier molecular flexibility index (Phi) is 8.77. The molecule has 0 unspecified atom stereocenters. The van der Waals surface area contributed by atoms with Crippen LogP contribution in [0.1, 0.15) is 30.7 Å². The Hall–Kier alpha value is -2.07. The minimum atomic E-state index is 0. The molecule has 1 fully saturated rings. The van der Waals surface area contributed by atoms with Crippen LogP contribution in [-0.4, -0.2) is 65.2 Å². The Balaban J connectivity index is 0.00000272. The molecule has 0 aliphatic carbocycles. The average Bonchev–Trinajstić information content (AvgIpc) is 3.44. The first kappa shape index (κ1) is 23.6. The summed E-state index contributed by atoms with van der Waals surface area (Å²) in [4.78, 5) is 13.2. The molecule has 8 heteroatoms. The second-order valence-electron chi connectivity index (χ2n) is 7.75. The lowest BCUT2D eigenvalue weighted by molar-refractivity contribution is 0.169. The number of nitrogens with one attached hydrogen (secondary N) is 2. The predicted octanol–water partition coefficient (Wildman–Crippen LogP) is 3.66. The molecular formula is C23H33IN6O. The van der Waals surface area contributed by atoms with Crippen LogP contribution in [0.25, 0.3) is 10.9 Å². The quantitative estimate of drug-likeness (QED) is 0.274. The van der Waals surface area contributed by atoms with E-state index in [0.29, 0.717) is 0 Å². The first-order valence-electron chi connectivity index (χ1n) is 11.0. The number of hydrogen-bond donors (Lipinski definition) is 2. The lowest BCUT2D eigenvalue weighted by atomic mass is 10.1. The highest BCUT2D eigenvalue weighted by Gasteiger charge is 2.20. The normalized spacial score (nSPS) is 15.3. The smallest absolute Gasteiger partial charge is 0.194 e. The van der Waals surface area contributed by atoms with Crippen molar-refractivity contribution in [1.29, 1.82) is 0 Å². The zero-order valence-corrected chi connectivity index (χ0v) is 20.8. The number of aromatic nitrogens is 2. The molecule has 3 aromatic rings. The summed E-state index contributed by atoms with van der Waals surface area (Å²) in [6.45, 7) is 10.8. The van der Waals surface area contributed by atoms with Gasteiger partial charge in [0.15, 0.2) is 5.96 Å². The monoisotopic (exact) mass is 536 g/mol. The second-order valence-corrected chi connectivity index (χ2v) is 7.75. The number of nitrogens with zero attached hydrogens (tertiary/aromatic N) is 4. The van der Waals surface area contributed by atoms with Crippen LogP contribution >= 0.6 is 24.0 Å². The van der Waals surface area contributed by atoms with Crippen LogP contribution < -0.4 is 5.32 Å². The van der Waals surface area contributed by atoms with Gasteiger partial charge in [-0.05, 0) is 30.9 Å². The lowest BCUT2D eigenvalue weighted by Crippen LogP contribution is -2.52. The van der Waals surface area contributed by atoms with Crippen LogP contribution in [0.3, 0.4) is 0 Å². The van der Waals surface area contributed by atoms with Crippen LogP contribution in [0, 0.1) is 0 Å². The Morgan fingerprint density at radius 1 is 1.16 bits per heavy atom. The standard InChI is InChI=1S/C23H32N6O.HI/c1-3-18-6-5-7-21-19(16-26-22(18)21)8-10-25-23(24-4-2)29-13-11-28(12-14-29)17-20-9-15-30-27-20;/h5-7,9,15-16,26H,3-4,8,10-14,17H2,1-2H3,(H,24,25);1H. The Morgan fingerprint density at radius 2 is 2.00 bits per heavy atom. The molecule has 0 radical (unpaired) electrons. The van der Waals surface area contributed by atoms with E-state index in [-0.39, 0.29) is 24.0 Å². The van der Waals surface area contributed by atoms with E-state index in [2.05, 4.69) is 63.5 Å². The van der Waals surface area contributed by atoms with Gasteiger partial charge < -0.3 is 19.7 Å². The summed E-state index contributed by atoms with van der Waals surface area (Å²) in [5, 5.41) is 8.82. The Bertz CT molecular complexity index is 960. The molecule has 31 heavy (non-hydrogen) atoms. The van der Waals surface area contributed by atoms with Gasteiger partial charge in [-0.1, -0.05) is 30.3 Å². The number of H-pyrrole nitrogens is 1. The van der Waals surface area contributed by atoms with Crippen LogP contribution in [0.15, 0.2) is 46.2 Å². The molecule has 0 atom stereocenters. The van der Waals surface area contributed by atoms with Crippen molar-refractivity contribution in [3.8, 4) is 0 Å². The topological polar surface area (TPSA) is 72.7 Å². The number of para-hydroxylation sites is 1. The second kappa shape index (κ2) is 11.5. The van der Waals surface area contributed by atoms with Gasteiger partial charge in [0.25, 0.3) is 0 Å². The third-order valence-electron chi connectivity index (χ3n) is 5.79. The van der Waals surface area contributed by atoms with Gasteiger partial charge in [0, 0.05) is 69.0 Å². The summed E-state index contributed by atoms with van der Waals surface area (Å²) in [5.74, 6) is 1.02. The van der Waals surface area contributed by atoms with Gasteiger partial charge >= 0.3 is 0 Å². The summed E-state index contributed by atoms with van der Waals surface area (Å²) in [6.07, 6.45) is 5.77. The summed E-state index contributed by atoms with van der Waals surface area (Å²) in [7, 11) is 0. The van der Waals surface area contributed by atoms with E-state index < -0.39 is 0 Å². The van der Waals surface area contributed by atoms with Crippen molar-refractivity contribution in [2.24, 2.45) is 4.99 Å². The van der Waals surface area contributed by atoms with Crippen molar-refractivity contribution >= 4 is 40.8 Å². The number of piperazine rings is 1. The number of aliphatic imine (C=N–C) groups is 1. The molecule has 0 saturated carbocycles. The number of fused-ring (bicyclic) bond motifs is 1. The van der Waals surface area contributed by atoms with Crippen molar-refractivity contribution < 1.29 is 4.52 Å². The summed E-state index contributed by atoms with van der Waals surface area (Å²) < 4.78 is 4.94. The van der Waals surface area contributed by atoms with Crippen LogP contribution in [0.2, 0.25) is 0 Å². The fourth-order valence-electron chi connectivity index (χ4n) is 4.15. The van der Waals surface area contributed by atoms with Gasteiger partial charge in [0.05, 0.1) is 5.69 Å². The fourth-order valence-corrected chi connectivity index (χ4v) is 4.15. The molecule has 0 bridgehead atoms. The number of guanidine groups is 1. The summed E-state index contributed by atoms with van der Waals surface area (Å²) >= 11 is 0. The minimum absolute atomic E-state index is 0. The van der Waals surface area contributed by atoms with Gasteiger partial charge in [0.2, 0.25) is 0 Å². The van der Waals surface area contributed by atoms with Crippen molar-refractivity contribution in [3.63, 3.8) is 0 Å². The molecular weight excluding hydrogens is 503 g/mol. The summed E-state index contributed by atoms with van der Waals surface area (Å²) in [5.41, 5.74) is 4.99. The zero-order valence-electron chi connectivity index (χ0n) is 18.4. The molecule has 0 amide bonds. The van der Waals surface area contributed by atoms with E-state index in [1.54, 1.807) is 6.26 Å². The minimum Gasteiger partial charge on any atom is -0.364 e. The van der Waals surface area contributed by atoms with Crippen molar-refractivity contribution in [2.45, 2.75) is 33.2 Å². The SMILES string of the molecule is CCNC(=NCCc1c[nH]c2c(CC)cccc12)N1CCN(Cc2ccon2)CC1.I. The maximum atomic E-state index is 4.94. The Morgan fingerprint density at radius 3 is 2.71 bits per heavy atom. The first-order chi connectivity index (χ1) is 14.8. The molecule has 3 heterocycles. The summed E-state index contributed by atoms with van der Waals surface area (Å²) in [6, 6.07) is 8.51.